The summed E-state index contributed by atoms with van der Waals surface area (Å²) in [7, 11) is 0. The van der Waals surface area contributed by atoms with E-state index in [1.807, 2.05) is 0 Å². The van der Waals surface area contributed by atoms with Gasteiger partial charge in [0.15, 0.2) is 5.78 Å². The molecule has 1 aliphatic heterocycles. The van der Waals surface area contributed by atoms with Crippen LogP contribution in [0.3, 0.4) is 0 Å². The van der Waals surface area contributed by atoms with Gasteiger partial charge in [-0.1, -0.05) is 39.5 Å². The van der Waals surface area contributed by atoms with Crippen LogP contribution < -0.4 is 10.1 Å². The van der Waals surface area contributed by atoms with Crippen LogP contribution in [0, 0.1) is 0 Å². The van der Waals surface area contributed by atoms with Crippen LogP contribution in [0.4, 0.5) is 4.79 Å². The first-order valence-electron chi connectivity index (χ1n) is 10.4. The molecule has 1 aliphatic rings. The monoisotopic (exact) mass is 404 g/mol. The molecule has 7 nitrogen and oxygen atoms in total. The third kappa shape index (κ3) is 6.03. The van der Waals surface area contributed by atoms with E-state index in [0.717, 1.165) is 30.6 Å². The standard InChI is InChI=1S/C22H32N2O5/c1-4-6-7-8-13-22(3)20(27)24(21(28)23-22)14-17(25)15-29-18-11-9-16(10-12-18)19(26)5-2/h9-12,17,25H,4-8,13-15H2,1-3H3,(H,23,28). The van der Waals surface area contributed by atoms with Gasteiger partial charge in [-0.2, -0.15) is 0 Å². The first-order valence-corrected chi connectivity index (χ1v) is 10.4. The van der Waals surface area contributed by atoms with Gasteiger partial charge in [0.2, 0.25) is 0 Å². The molecule has 0 aliphatic carbocycles. The van der Waals surface area contributed by atoms with Gasteiger partial charge in [-0.05, 0) is 37.6 Å². The second kappa shape index (κ2) is 10.4. The maximum absolute atomic E-state index is 12.7. The zero-order valence-corrected chi connectivity index (χ0v) is 17.6. The molecule has 29 heavy (non-hydrogen) atoms. The van der Waals surface area contributed by atoms with E-state index in [1.54, 1.807) is 38.1 Å². The van der Waals surface area contributed by atoms with E-state index in [2.05, 4.69) is 12.2 Å². The number of nitrogens with zero attached hydrogens (tertiary/aromatic N) is 1. The number of nitrogens with one attached hydrogen (secondary N) is 1. The summed E-state index contributed by atoms with van der Waals surface area (Å²) in [5, 5.41) is 13.0. The summed E-state index contributed by atoms with van der Waals surface area (Å²) < 4.78 is 5.53. The molecular weight excluding hydrogens is 372 g/mol. The SMILES string of the molecule is CCCCCCC1(C)NC(=O)N(CC(O)COc2ccc(C(=O)CC)cc2)C1=O. The first-order chi connectivity index (χ1) is 13.8. The van der Waals surface area contributed by atoms with Gasteiger partial charge < -0.3 is 15.2 Å². The minimum atomic E-state index is -1.01. The highest BCUT2D eigenvalue weighted by molar-refractivity contribution is 6.06. The second-order valence-corrected chi connectivity index (χ2v) is 7.75. The molecule has 0 bridgehead atoms. The molecule has 160 valence electrons. The lowest BCUT2D eigenvalue weighted by molar-refractivity contribution is -0.132. The number of aliphatic hydroxyl groups is 1. The predicted molar refractivity (Wildman–Crippen MR) is 110 cm³/mol. The summed E-state index contributed by atoms with van der Waals surface area (Å²) in [6.07, 6.45) is 4.11. The van der Waals surface area contributed by atoms with Crippen molar-refractivity contribution in [2.24, 2.45) is 0 Å². The fourth-order valence-corrected chi connectivity index (χ4v) is 3.38. The number of urea groups is 1. The second-order valence-electron chi connectivity index (χ2n) is 7.75. The number of rotatable bonds is 12. The molecule has 0 radical (unpaired) electrons. The van der Waals surface area contributed by atoms with Gasteiger partial charge in [0, 0.05) is 12.0 Å². The fraction of sp³-hybridized carbons (Fsp3) is 0.591. The van der Waals surface area contributed by atoms with E-state index in [1.165, 1.54) is 0 Å². The van der Waals surface area contributed by atoms with Crippen LogP contribution in [-0.4, -0.2) is 52.5 Å². The van der Waals surface area contributed by atoms with Crippen LogP contribution in [0.5, 0.6) is 5.75 Å². The van der Waals surface area contributed by atoms with Crippen molar-refractivity contribution in [2.45, 2.75) is 70.9 Å². The highest BCUT2D eigenvalue weighted by Crippen LogP contribution is 2.24. The van der Waals surface area contributed by atoms with Gasteiger partial charge >= 0.3 is 6.03 Å². The number of β-amino-alcohol motifs (C(OH)–C–C–N with tert-alkyl or cyclic N) is 1. The number of ketones is 1. The Kier molecular flexibility index (Phi) is 8.20. The Morgan fingerprint density at radius 2 is 1.86 bits per heavy atom. The van der Waals surface area contributed by atoms with E-state index in [-0.39, 0.29) is 24.8 Å². The lowest BCUT2D eigenvalue weighted by Gasteiger charge is -2.22. The van der Waals surface area contributed by atoms with Gasteiger partial charge in [-0.3, -0.25) is 14.5 Å². The summed E-state index contributed by atoms with van der Waals surface area (Å²) in [5.74, 6) is 0.253. The molecule has 1 fully saturated rings. The molecule has 0 aromatic heterocycles. The normalized spacial score (nSPS) is 19.9. The number of hydrogen-bond acceptors (Lipinski definition) is 5. The summed E-state index contributed by atoms with van der Waals surface area (Å²) in [6, 6.07) is 6.20. The molecule has 7 heteroatoms. The minimum Gasteiger partial charge on any atom is -0.491 e. The smallest absolute Gasteiger partial charge is 0.325 e. The van der Waals surface area contributed by atoms with Crippen molar-refractivity contribution in [3.63, 3.8) is 0 Å². The average Bonchev–Trinajstić information content (AvgIpc) is 2.92. The third-order valence-corrected chi connectivity index (χ3v) is 5.21. The van der Waals surface area contributed by atoms with E-state index in [9.17, 15) is 19.5 Å². The number of Topliss-reactive ketones (excluding diaryl/α,β-unsaturated/α-hetero) is 1. The van der Waals surface area contributed by atoms with Gasteiger partial charge in [0.05, 0.1) is 6.54 Å². The van der Waals surface area contributed by atoms with Crippen molar-refractivity contribution >= 4 is 17.7 Å². The number of ether oxygens (including phenoxy) is 1. The molecule has 1 aromatic rings. The van der Waals surface area contributed by atoms with Crippen LogP contribution >= 0.6 is 0 Å². The maximum atomic E-state index is 12.7. The Bertz CT molecular complexity index is 718. The number of carbonyl (C=O) groups excluding carboxylic acids is 3. The number of imide groups is 1. The van der Waals surface area contributed by atoms with Crippen molar-refractivity contribution in [1.29, 1.82) is 0 Å². The van der Waals surface area contributed by atoms with Gasteiger partial charge in [-0.15, -0.1) is 0 Å². The quantitative estimate of drug-likeness (QED) is 0.317. The largest absolute Gasteiger partial charge is 0.491 e. The van der Waals surface area contributed by atoms with E-state index in [0.29, 0.717) is 24.2 Å². The highest BCUT2D eigenvalue weighted by Gasteiger charge is 2.47. The molecule has 0 spiro atoms. The van der Waals surface area contributed by atoms with Crippen molar-refractivity contribution in [3.05, 3.63) is 29.8 Å². The van der Waals surface area contributed by atoms with Gasteiger partial charge in [0.1, 0.15) is 24.0 Å². The van der Waals surface area contributed by atoms with Crippen molar-refractivity contribution in [3.8, 4) is 5.75 Å². The lowest BCUT2D eigenvalue weighted by atomic mass is 9.94. The molecular formula is C22H32N2O5. The number of unbranched alkanes of at least 4 members (excludes halogenated alkanes) is 3. The average molecular weight is 405 g/mol. The molecule has 1 aromatic carbocycles. The molecule has 3 amide bonds. The number of amides is 3. The van der Waals surface area contributed by atoms with Crippen LogP contribution in [0.15, 0.2) is 24.3 Å². The van der Waals surface area contributed by atoms with Crippen LogP contribution in [0.2, 0.25) is 0 Å². The summed E-state index contributed by atoms with van der Waals surface area (Å²) in [4.78, 5) is 37.6. The molecule has 2 unspecified atom stereocenters. The number of carbonyl (C=O) groups is 3. The highest BCUT2D eigenvalue weighted by atomic mass is 16.5. The molecule has 2 N–H and O–H groups in total. The van der Waals surface area contributed by atoms with Gasteiger partial charge in [0.25, 0.3) is 5.91 Å². The minimum absolute atomic E-state index is 0.0490. The lowest BCUT2D eigenvalue weighted by Crippen LogP contribution is -2.45. The van der Waals surface area contributed by atoms with Crippen LogP contribution in [-0.2, 0) is 4.79 Å². The summed E-state index contributed by atoms with van der Waals surface area (Å²) in [5.41, 5.74) is -0.300. The van der Waals surface area contributed by atoms with E-state index in [4.69, 9.17) is 4.74 Å². The molecule has 1 heterocycles. The first kappa shape index (κ1) is 22.9. The predicted octanol–water partition coefficient (Wildman–Crippen LogP) is 3.30. The number of hydrogen-bond donors (Lipinski definition) is 2. The maximum Gasteiger partial charge on any atom is 0.325 e. The molecule has 2 rings (SSSR count). The van der Waals surface area contributed by atoms with Crippen LogP contribution in [0.1, 0.15) is 69.7 Å². The van der Waals surface area contributed by atoms with Crippen molar-refractivity contribution < 1.29 is 24.2 Å². The Morgan fingerprint density at radius 1 is 1.17 bits per heavy atom. The topological polar surface area (TPSA) is 95.9 Å². The Morgan fingerprint density at radius 3 is 2.48 bits per heavy atom. The van der Waals surface area contributed by atoms with Gasteiger partial charge in [-0.25, -0.2) is 4.79 Å². The summed E-state index contributed by atoms with van der Waals surface area (Å²) >= 11 is 0. The Balaban J connectivity index is 1.85. The van der Waals surface area contributed by atoms with Crippen molar-refractivity contribution in [2.75, 3.05) is 13.2 Å². The number of benzene rings is 1. The Hall–Kier alpha value is -2.41. The molecule has 2 atom stereocenters. The summed E-state index contributed by atoms with van der Waals surface area (Å²) in [6.45, 7) is 5.47. The Labute approximate surface area is 172 Å². The van der Waals surface area contributed by atoms with E-state index < -0.39 is 17.7 Å². The zero-order chi connectivity index (χ0) is 21.4. The fourth-order valence-electron chi connectivity index (χ4n) is 3.38. The molecule has 0 saturated carbocycles. The molecule has 1 saturated heterocycles. The zero-order valence-electron chi connectivity index (χ0n) is 17.6. The number of aliphatic hydroxyl groups excluding tert-OH is 1. The van der Waals surface area contributed by atoms with Crippen molar-refractivity contribution in [1.82, 2.24) is 10.2 Å². The third-order valence-electron chi connectivity index (χ3n) is 5.21. The van der Waals surface area contributed by atoms with E-state index >= 15 is 0 Å². The van der Waals surface area contributed by atoms with Crippen LogP contribution in [0.25, 0.3) is 0 Å².